The lowest BCUT2D eigenvalue weighted by Gasteiger charge is -2.07. The molecular weight excluding hydrogens is 260 g/mol. The highest BCUT2D eigenvalue weighted by Crippen LogP contribution is 2.25. The second-order valence-electron chi connectivity index (χ2n) is 4.71. The van der Waals surface area contributed by atoms with Crippen LogP contribution < -0.4 is 5.32 Å². The van der Waals surface area contributed by atoms with Crippen molar-refractivity contribution in [1.29, 1.82) is 0 Å². The molecule has 0 saturated carbocycles. The van der Waals surface area contributed by atoms with Crippen LogP contribution in [0.3, 0.4) is 0 Å². The van der Waals surface area contributed by atoms with Gasteiger partial charge in [-0.2, -0.15) is 0 Å². The average Bonchev–Trinajstić information content (AvgIpc) is 3.04. The molecule has 2 heterocycles. The molecule has 1 saturated heterocycles. The summed E-state index contributed by atoms with van der Waals surface area (Å²) in [6.07, 6.45) is 3.76. The number of rotatable bonds is 4. The molecule has 0 aliphatic carbocycles. The molecule has 1 aromatic carbocycles. The van der Waals surface area contributed by atoms with Crippen molar-refractivity contribution in [3.63, 3.8) is 0 Å². The van der Waals surface area contributed by atoms with Gasteiger partial charge in [-0.05, 0) is 31.4 Å². The number of aromatic nitrogens is 1. The van der Waals surface area contributed by atoms with E-state index in [2.05, 4.69) is 10.3 Å². The summed E-state index contributed by atoms with van der Waals surface area (Å²) in [5, 5.41) is 3.55. The Kier molecular flexibility index (Phi) is 3.75. The van der Waals surface area contributed by atoms with Crippen LogP contribution in [-0.2, 0) is 9.53 Å². The Morgan fingerprint density at radius 2 is 2.37 bits per heavy atom. The van der Waals surface area contributed by atoms with Crippen LogP contribution in [-0.4, -0.2) is 23.6 Å². The van der Waals surface area contributed by atoms with Gasteiger partial charge in [0.25, 0.3) is 0 Å². The number of carbonyl (C=O) groups is 1. The molecule has 19 heavy (non-hydrogen) atoms. The van der Waals surface area contributed by atoms with Crippen molar-refractivity contribution >= 4 is 32.6 Å². The summed E-state index contributed by atoms with van der Waals surface area (Å²) in [4.78, 5) is 16.2. The summed E-state index contributed by atoms with van der Waals surface area (Å²) in [6.45, 7) is 0.837. The lowest BCUT2D eigenvalue weighted by molar-refractivity contribution is -0.116. The number of nitrogens with one attached hydrogen (secondary N) is 1. The SMILES string of the molecule is O=C(CC[C@@H]1CCCO1)Nc1nc2ccccc2s1. The van der Waals surface area contributed by atoms with E-state index in [4.69, 9.17) is 4.74 Å². The van der Waals surface area contributed by atoms with Crippen molar-refractivity contribution in [2.75, 3.05) is 11.9 Å². The van der Waals surface area contributed by atoms with Gasteiger partial charge in [0.2, 0.25) is 5.91 Å². The number of para-hydroxylation sites is 1. The van der Waals surface area contributed by atoms with Crippen LogP contribution in [0.4, 0.5) is 5.13 Å². The third-order valence-electron chi connectivity index (χ3n) is 3.26. The molecule has 0 spiro atoms. The highest BCUT2D eigenvalue weighted by atomic mass is 32.1. The topological polar surface area (TPSA) is 51.2 Å². The van der Waals surface area contributed by atoms with Gasteiger partial charge < -0.3 is 10.1 Å². The molecule has 3 rings (SSSR count). The maximum absolute atomic E-state index is 11.8. The molecule has 1 aliphatic heterocycles. The maximum Gasteiger partial charge on any atom is 0.226 e. The number of anilines is 1. The van der Waals surface area contributed by atoms with Gasteiger partial charge in [-0.25, -0.2) is 4.98 Å². The standard InChI is InChI=1S/C14H16N2O2S/c17-13(8-7-10-4-3-9-18-10)16-14-15-11-5-1-2-6-12(11)19-14/h1-2,5-6,10H,3-4,7-9H2,(H,15,16,17)/t10-/m0/s1. The summed E-state index contributed by atoms with van der Waals surface area (Å²) in [7, 11) is 0. The zero-order valence-corrected chi connectivity index (χ0v) is 11.4. The summed E-state index contributed by atoms with van der Waals surface area (Å²) < 4.78 is 6.60. The molecule has 1 aliphatic rings. The van der Waals surface area contributed by atoms with Crippen LogP contribution in [0.2, 0.25) is 0 Å². The minimum absolute atomic E-state index is 0.0227. The molecule has 1 N–H and O–H groups in total. The van der Waals surface area contributed by atoms with E-state index >= 15 is 0 Å². The Balaban J connectivity index is 1.56. The molecule has 1 aromatic heterocycles. The first-order valence-corrected chi connectivity index (χ1v) is 7.40. The highest BCUT2D eigenvalue weighted by molar-refractivity contribution is 7.22. The van der Waals surface area contributed by atoms with Crippen molar-refractivity contribution in [1.82, 2.24) is 4.98 Å². The fourth-order valence-corrected chi connectivity index (χ4v) is 3.15. The van der Waals surface area contributed by atoms with Crippen LogP contribution in [0.15, 0.2) is 24.3 Å². The van der Waals surface area contributed by atoms with Gasteiger partial charge in [-0.1, -0.05) is 23.5 Å². The molecule has 0 unspecified atom stereocenters. The van der Waals surface area contributed by atoms with Crippen LogP contribution in [0.25, 0.3) is 10.2 Å². The minimum Gasteiger partial charge on any atom is -0.378 e. The number of thiazole rings is 1. The lowest BCUT2D eigenvalue weighted by atomic mass is 10.1. The normalized spacial score (nSPS) is 18.8. The van der Waals surface area contributed by atoms with Crippen molar-refractivity contribution in [3.8, 4) is 0 Å². The molecular formula is C14H16N2O2S. The Bertz CT molecular complexity index is 543. The quantitative estimate of drug-likeness (QED) is 0.933. The number of hydrogen-bond donors (Lipinski definition) is 1. The molecule has 4 nitrogen and oxygen atoms in total. The van der Waals surface area contributed by atoms with E-state index in [0.717, 1.165) is 36.1 Å². The van der Waals surface area contributed by atoms with Crippen LogP contribution in [0.5, 0.6) is 0 Å². The van der Waals surface area contributed by atoms with E-state index in [1.165, 1.54) is 11.3 Å². The van der Waals surface area contributed by atoms with E-state index in [1.54, 1.807) is 0 Å². The lowest BCUT2D eigenvalue weighted by Crippen LogP contribution is -2.15. The molecule has 1 amide bonds. The van der Waals surface area contributed by atoms with E-state index in [0.29, 0.717) is 11.6 Å². The Hall–Kier alpha value is -1.46. The van der Waals surface area contributed by atoms with Gasteiger partial charge in [0.15, 0.2) is 5.13 Å². The van der Waals surface area contributed by atoms with Gasteiger partial charge >= 0.3 is 0 Å². The molecule has 0 bridgehead atoms. The van der Waals surface area contributed by atoms with Gasteiger partial charge in [0, 0.05) is 13.0 Å². The van der Waals surface area contributed by atoms with Gasteiger partial charge in [0.05, 0.1) is 16.3 Å². The second-order valence-corrected chi connectivity index (χ2v) is 5.74. The number of nitrogens with zero attached hydrogens (tertiary/aromatic N) is 1. The number of hydrogen-bond acceptors (Lipinski definition) is 4. The third-order valence-corrected chi connectivity index (χ3v) is 4.21. The zero-order chi connectivity index (χ0) is 13.1. The summed E-state index contributed by atoms with van der Waals surface area (Å²) in [5.74, 6) is 0.0227. The fraction of sp³-hybridized carbons (Fsp3) is 0.429. The number of ether oxygens (including phenoxy) is 1. The van der Waals surface area contributed by atoms with E-state index < -0.39 is 0 Å². The summed E-state index contributed by atoms with van der Waals surface area (Å²) >= 11 is 1.51. The average molecular weight is 276 g/mol. The summed E-state index contributed by atoms with van der Waals surface area (Å²) in [6, 6.07) is 7.89. The van der Waals surface area contributed by atoms with Gasteiger partial charge in [0.1, 0.15) is 0 Å². The minimum atomic E-state index is 0.0227. The largest absolute Gasteiger partial charge is 0.378 e. The van der Waals surface area contributed by atoms with E-state index in [1.807, 2.05) is 24.3 Å². The highest BCUT2D eigenvalue weighted by Gasteiger charge is 2.17. The smallest absolute Gasteiger partial charge is 0.226 e. The molecule has 100 valence electrons. The zero-order valence-electron chi connectivity index (χ0n) is 10.6. The molecule has 2 aromatic rings. The Morgan fingerprint density at radius 1 is 1.47 bits per heavy atom. The Labute approximate surface area is 115 Å². The predicted molar refractivity (Wildman–Crippen MR) is 76.5 cm³/mol. The van der Waals surface area contributed by atoms with Crippen molar-refractivity contribution in [2.45, 2.75) is 31.8 Å². The van der Waals surface area contributed by atoms with E-state index in [-0.39, 0.29) is 12.0 Å². The second kappa shape index (κ2) is 5.67. The molecule has 5 heteroatoms. The monoisotopic (exact) mass is 276 g/mol. The third kappa shape index (κ3) is 3.11. The van der Waals surface area contributed by atoms with Crippen LogP contribution in [0.1, 0.15) is 25.7 Å². The Morgan fingerprint density at radius 3 is 3.16 bits per heavy atom. The predicted octanol–water partition coefficient (Wildman–Crippen LogP) is 3.19. The number of fused-ring (bicyclic) bond motifs is 1. The van der Waals surface area contributed by atoms with E-state index in [9.17, 15) is 4.79 Å². The molecule has 1 atom stereocenters. The first-order chi connectivity index (χ1) is 9.31. The van der Waals surface area contributed by atoms with Crippen molar-refractivity contribution in [3.05, 3.63) is 24.3 Å². The van der Waals surface area contributed by atoms with Crippen LogP contribution >= 0.6 is 11.3 Å². The fourth-order valence-electron chi connectivity index (χ4n) is 2.27. The van der Waals surface area contributed by atoms with Crippen molar-refractivity contribution in [2.24, 2.45) is 0 Å². The van der Waals surface area contributed by atoms with Crippen molar-refractivity contribution < 1.29 is 9.53 Å². The number of benzene rings is 1. The first kappa shape index (κ1) is 12.6. The van der Waals surface area contributed by atoms with Gasteiger partial charge in [-0.3, -0.25) is 4.79 Å². The first-order valence-electron chi connectivity index (χ1n) is 6.58. The molecule has 0 radical (unpaired) electrons. The number of amides is 1. The van der Waals surface area contributed by atoms with Crippen LogP contribution in [0, 0.1) is 0 Å². The summed E-state index contributed by atoms with van der Waals surface area (Å²) in [5.41, 5.74) is 0.932. The molecule has 1 fully saturated rings. The van der Waals surface area contributed by atoms with Gasteiger partial charge in [-0.15, -0.1) is 0 Å². The maximum atomic E-state index is 11.8. The number of carbonyl (C=O) groups excluding carboxylic acids is 1.